The largest absolute Gasteiger partial charge is 0.292 e. The first-order chi connectivity index (χ1) is 10.8. The third kappa shape index (κ3) is 2.82. The van der Waals surface area contributed by atoms with Crippen molar-refractivity contribution in [2.75, 3.05) is 0 Å². The molecule has 3 aromatic rings. The molecule has 2 nitrogen and oxygen atoms in total. The lowest BCUT2D eigenvalue weighted by molar-refractivity contribution is 0.0983. The number of Topliss-reactive ketones (excluding diaryl/α,β-unsaturated/α-hetero) is 1. The minimum atomic E-state index is 0.0665. The second-order valence-electron chi connectivity index (χ2n) is 5.10. The molecule has 2 heteroatoms. The molecule has 0 radical (unpaired) electrons. The highest BCUT2D eigenvalue weighted by Gasteiger charge is 2.13. The molecule has 0 saturated carbocycles. The fourth-order valence-corrected chi connectivity index (χ4v) is 2.46. The highest BCUT2D eigenvalue weighted by Crippen LogP contribution is 2.30. The first-order valence-corrected chi connectivity index (χ1v) is 7.44. The third-order valence-electron chi connectivity index (χ3n) is 3.63. The van der Waals surface area contributed by atoms with Gasteiger partial charge in [0, 0.05) is 17.5 Å². The monoisotopic (exact) mass is 287 g/mol. The highest BCUT2D eigenvalue weighted by molar-refractivity contribution is 5.95. The number of carbonyl (C=O) groups is 1. The number of benzene rings is 2. The van der Waals surface area contributed by atoms with Crippen molar-refractivity contribution in [3.05, 3.63) is 78.5 Å². The van der Waals surface area contributed by atoms with Gasteiger partial charge in [-0.25, -0.2) is 4.98 Å². The van der Waals surface area contributed by atoms with E-state index in [1.807, 2.05) is 67.6 Å². The summed E-state index contributed by atoms with van der Waals surface area (Å²) in [7, 11) is 0. The van der Waals surface area contributed by atoms with E-state index in [2.05, 4.69) is 17.1 Å². The van der Waals surface area contributed by atoms with Crippen LogP contribution in [0.1, 0.15) is 23.8 Å². The van der Waals surface area contributed by atoms with Gasteiger partial charge in [-0.05, 0) is 17.7 Å². The summed E-state index contributed by atoms with van der Waals surface area (Å²) in [6, 6.07) is 23.9. The van der Waals surface area contributed by atoms with Crippen molar-refractivity contribution in [3.63, 3.8) is 0 Å². The topological polar surface area (TPSA) is 30.0 Å². The first-order valence-electron chi connectivity index (χ1n) is 7.44. The molecule has 3 rings (SSSR count). The fourth-order valence-electron chi connectivity index (χ4n) is 2.46. The summed E-state index contributed by atoms with van der Waals surface area (Å²) >= 11 is 0. The van der Waals surface area contributed by atoms with Gasteiger partial charge in [-0.15, -0.1) is 0 Å². The van der Waals surface area contributed by atoms with Crippen molar-refractivity contribution >= 4 is 5.78 Å². The van der Waals surface area contributed by atoms with Crippen LogP contribution in [0.3, 0.4) is 0 Å². The van der Waals surface area contributed by atoms with Crippen LogP contribution < -0.4 is 0 Å². The molecule has 0 fully saturated rings. The molecule has 22 heavy (non-hydrogen) atoms. The lowest BCUT2D eigenvalue weighted by Crippen LogP contribution is -2.02. The van der Waals surface area contributed by atoms with Gasteiger partial charge >= 0.3 is 0 Å². The van der Waals surface area contributed by atoms with Gasteiger partial charge in [-0.2, -0.15) is 0 Å². The summed E-state index contributed by atoms with van der Waals surface area (Å²) < 4.78 is 0. The number of aromatic nitrogens is 1. The average Bonchev–Trinajstić information content (AvgIpc) is 2.62. The predicted molar refractivity (Wildman–Crippen MR) is 89.7 cm³/mol. The van der Waals surface area contributed by atoms with E-state index >= 15 is 0 Å². The molecule has 0 atom stereocenters. The number of carbonyl (C=O) groups excluding carboxylic acids is 1. The molecule has 1 heterocycles. The Morgan fingerprint density at radius 3 is 2.00 bits per heavy atom. The van der Waals surface area contributed by atoms with Crippen molar-refractivity contribution in [3.8, 4) is 22.4 Å². The standard InChI is InChI=1S/C20H17NO/c1-2-19(22)18-14-13-17(15-9-5-3-6-10-15)20(21-18)16-11-7-4-8-12-16/h3-14H,2H2,1H3. The summed E-state index contributed by atoms with van der Waals surface area (Å²) in [5.41, 5.74) is 4.54. The minimum Gasteiger partial charge on any atom is -0.292 e. The van der Waals surface area contributed by atoms with Crippen LogP contribution in [-0.4, -0.2) is 10.8 Å². The summed E-state index contributed by atoms with van der Waals surface area (Å²) in [6.07, 6.45) is 0.464. The normalized spacial score (nSPS) is 10.4. The number of pyridine rings is 1. The van der Waals surface area contributed by atoms with Crippen LogP contribution in [0, 0.1) is 0 Å². The summed E-state index contributed by atoms with van der Waals surface area (Å²) in [6.45, 7) is 1.86. The van der Waals surface area contributed by atoms with Gasteiger partial charge in [0.15, 0.2) is 5.78 Å². The highest BCUT2D eigenvalue weighted by atomic mass is 16.1. The Morgan fingerprint density at radius 2 is 1.41 bits per heavy atom. The quantitative estimate of drug-likeness (QED) is 0.631. The number of hydrogen-bond donors (Lipinski definition) is 0. The number of nitrogens with zero attached hydrogens (tertiary/aromatic N) is 1. The number of ketones is 1. The van der Waals surface area contributed by atoms with Crippen molar-refractivity contribution in [1.29, 1.82) is 0 Å². The van der Waals surface area contributed by atoms with E-state index in [4.69, 9.17) is 0 Å². The SMILES string of the molecule is CCC(=O)c1ccc(-c2ccccc2)c(-c2ccccc2)n1. The van der Waals surface area contributed by atoms with E-state index in [0.29, 0.717) is 12.1 Å². The number of rotatable bonds is 4. The molecule has 0 aliphatic carbocycles. The predicted octanol–water partition coefficient (Wildman–Crippen LogP) is 5.01. The molecule has 0 amide bonds. The van der Waals surface area contributed by atoms with Crippen LogP contribution in [-0.2, 0) is 0 Å². The molecule has 0 unspecified atom stereocenters. The molecule has 108 valence electrons. The van der Waals surface area contributed by atoms with Crippen LogP contribution in [0.15, 0.2) is 72.8 Å². The molecule has 0 spiro atoms. The Hall–Kier alpha value is -2.74. The number of hydrogen-bond acceptors (Lipinski definition) is 2. The van der Waals surface area contributed by atoms with Crippen LogP contribution in [0.2, 0.25) is 0 Å². The average molecular weight is 287 g/mol. The van der Waals surface area contributed by atoms with Crippen molar-refractivity contribution in [2.24, 2.45) is 0 Å². The van der Waals surface area contributed by atoms with Gasteiger partial charge in [0.05, 0.1) is 5.69 Å². The zero-order valence-electron chi connectivity index (χ0n) is 12.5. The smallest absolute Gasteiger partial charge is 0.180 e. The van der Waals surface area contributed by atoms with E-state index in [1.54, 1.807) is 0 Å². The second kappa shape index (κ2) is 6.35. The van der Waals surface area contributed by atoms with Gasteiger partial charge in [0.1, 0.15) is 5.69 Å². The van der Waals surface area contributed by atoms with Crippen LogP contribution in [0.4, 0.5) is 0 Å². The summed E-state index contributed by atoms with van der Waals surface area (Å²) in [5, 5.41) is 0. The molecule has 0 N–H and O–H groups in total. The van der Waals surface area contributed by atoms with Crippen molar-refractivity contribution < 1.29 is 4.79 Å². The maximum absolute atomic E-state index is 12.0. The van der Waals surface area contributed by atoms with E-state index in [1.165, 1.54) is 0 Å². The van der Waals surface area contributed by atoms with E-state index in [-0.39, 0.29) is 5.78 Å². The van der Waals surface area contributed by atoms with E-state index in [9.17, 15) is 4.79 Å². The molecule has 2 aromatic carbocycles. The van der Waals surface area contributed by atoms with Gasteiger partial charge in [0.2, 0.25) is 0 Å². The van der Waals surface area contributed by atoms with Gasteiger partial charge in [-0.3, -0.25) is 4.79 Å². The lowest BCUT2D eigenvalue weighted by Gasteiger charge is -2.11. The molecule has 0 aliphatic heterocycles. The molecule has 0 saturated heterocycles. The molecular formula is C20H17NO. The first kappa shape index (κ1) is 14.2. The fraction of sp³-hybridized carbons (Fsp3) is 0.100. The Kier molecular flexibility index (Phi) is 4.10. The molecule has 0 aliphatic rings. The molecular weight excluding hydrogens is 270 g/mol. The Bertz CT molecular complexity index is 779. The maximum Gasteiger partial charge on any atom is 0.180 e. The van der Waals surface area contributed by atoms with E-state index < -0.39 is 0 Å². The van der Waals surface area contributed by atoms with Crippen LogP contribution in [0.5, 0.6) is 0 Å². The van der Waals surface area contributed by atoms with Crippen LogP contribution in [0.25, 0.3) is 22.4 Å². The summed E-state index contributed by atoms with van der Waals surface area (Å²) in [5.74, 6) is 0.0665. The Balaban J connectivity index is 2.20. The minimum absolute atomic E-state index is 0.0665. The zero-order chi connectivity index (χ0) is 15.4. The zero-order valence-corrected chi connectivity index (χ0v) is 12.5. The van der Waals surface area contributed by atoms with Gasteiger partial charge in [0.25, 0.3) is 0 Å². The maximum atomic E-state index is 12.0. The second-order valence-corrected chi connectivity index (χ2v) is 5.10. The summed E-state index contributed by atoms with van der Waals surface area (Å²) in [4.78, 5) is 16.6. The van der Waals surface area contributed by atoms with Crippen molar-refractivity contribution in [2.45, 2.75) is 13.3 Å². The Labute approximate surface area is 130 Å². The van der Waals surface area contributed by atoms with E-state index in [0.717, 1.165) is 22.4 Å². The van der Waals surface area contributed by atoms with Gasteiger partial charge in [-0.1, -0.05) is 67.6 Å². The van der Waals surface area contributed by atoms with Crippen molar-refractivity contribution in [1.82, 2.24) is 4.98 Å². The Morgan fingerprint density at radius 1 is 0.818 bits per heavy atom. The third-order valence-corrected chi connectivity index (χ3v) is 3.63. The molecule has 0 bridgehead atoms. The lowest BCUT2D eigenvalue weighted by atomic mass is 9.98. The molecule has 1 aromatic heterocycles. The van der Waals surface area contributed by atoms with Crippen LogP contribution >= 0.6 is 0 Å². The van der Waals surface area contributed by atoms with Gasteiger partial charge < -0.3 is 0 Å².